The maximum absolute atomic E-state index is 10.6. The van der Waals surface area contributed by atoms with E-state index < -0.39 is 0 Å². The molecular weight excluding hydrogens is 248 g/mol. The Morgan fingerprint density at radius 1 is 1.22 bits per heavy atom. The molecule has 2 rings (SSSR count). The van der Waals surface area contributed by atoms with Crippen LogP contribution in [0.5, 0.6) is 0 Å². The summed E-state index contributed by atoms with van der Waals surface area (Å²) in [6, 6.07) is 10.8. The monoisotopic (exact) mass is 262 g/mol. The van der Waals surface area contributed by atoms with Gasteiger partial charge in [0.25, 0.3) is 5.69 Å². The van der Waals surface area contributed by atoms with Gasteiger partial charge >= 0.3 is 0 Å². The van der Waals surface area contributed by atoms with Gasteiger partial charge in [0.1, 0.15) is 0 Å². The second-order valence-corrected chi connectivity index (χ2v) is 5.02. The second-order valence-electron chi connectivity index (χ2n) is 3.85. The highest BCUT2D eigenvalue weighted by molar-refractivity contribution is 7.15. The van der Waals surface area contributed by atoms with E-state index in [4.69, 9.17) is 0 Å². The van der Waals surface area contributed by atoms with Crippen molar-refractivity contribution in [2.75, 3.05) is 6.54 Å². The van der Waals surface area contributed by atoms with Crippen LogP contribution in [-0.2, 0) is 6.54 Å². The molecule has 0 aliphatic rings. The molecule has 0 saturated heterocycles. The Kier molecular flexibility index (Phi) is 4.07. The first-order valence-electron chi connectivity index (χ1n) is 5.75. The molecule has 0 amide bonds. The van der Waals surface area contributed by atoms with Crippen LogP contribution in [0.4, 0.5) is 5.69 Å². The molecule has 0 aliphatic carbocycles. The van der Waals surface area contributed by atoms with Gasteiger partial charge in [-0.1, -0.05) is 6.92 Å². The first kappa shape index (κ1) is 12.7. The molecule has 1 heterocycles. The SMILES string of the molecule is CCNCc1ccc(-c2ccc([N+](=O)[O-])cc2)s1. The smallest absolute Gasteiger partial charge is 0.269 e. The molecule has 4 nitrogen and oxygen atoms in total. The van der Waals surface area contributed by atoms with Crippen molar-refractivity contribution in [3.8, 4) is 10.4 Å². The van der Waals surface area contributed by atoms with Gasteiger partial charge in [0, 0.05) is 28.4 Å². The molecule has 0 radical (unpaired) electrons. The summed E-state index contributed by atoms with van der Waals surface area (Å²) >= 11 is 1.71. The third kappa shape index (κ3) is 2.94. The zero-order valence-electron chi connectivity index (χ0n) is 10.1. The lowest BCUT2D eigenvalue weighted by Crippen LogP contribution is -2.10. The van der Waals surface area contributed by atoms with Gasteiger partial charge in [-0.2, -0.15) is 0 Å². The topological polar surface area (TPSA) is 55.2 Å². The summed E-state index contributed by atoms with van der Waals surface area (Å²) in [6.07, 6.45) is 0. The zero-order valence-corrected chi connectivity index (χ0v) is 10.9. The Morgan fingerprint density at radius 3 is 2.56 bits per heavy atom. The lowest BCUT2D eigenvalue weighted by atomic mass is 10.2. The largest absolute Gasteiger partial charge is 0.312 e. The lowest BCUT2D eigenvalue weighted by molar-refractivity contribution is -0.384. The molecule has 5 heteroatoms. The Morgan fingerprint density at radius 2 is 1.94 bits per heavy atom. The number of rotatable bonds is 5. The van der Waals surface area contributed by atoms with Crippen LogP contribution in [0.3, 0.4) is 0 Å². The molecule has 0 fully saturated rings. The molecule has 0 aliphatic heterocycles. The van der Waals surface area contributed by atoms with Gasteiger partial charge < -0.3 is 5.32 Å². The summed E-state index contributed by atoms with van der Waals surface area (Å²) in [6.45, 7) is 3.89. The number of benzene rings is 1. The Hall–Kier alpha value is -1.72. The normalized spacial score (nSPS) is 10.5. The van der Waals surface area contributed by atoms with E-state index in [1.54, 1.807) is 35.6 Å². The van der Waals surface area contributed by atoms with Crippen molar-refractivity contribution in [2.24, 2.45) is 0 Å². The zero-order chi connectivity index (χ0) is 13.0. The maximum Gasteiger partial charge on any atom is 0.269 e. The van der Waals surface area contributed by atoms with E-state index in [-0.39, 0.29) is 10.6 Å². The highest BCUT2D eigenvalue weighted by Crippen LogP contribution is 2.29. The minimum atomic E-state index is -0.380. The molecule has 1 aromatic heterocycles. The van der Waals surface area contributed by atoms with Gasteiger partial charge in [-0.05, 0) is 36.4 Å². The number of thiophene rings is 1. The second kappa shape index (κ2) is 5.75. The predicted molar refractivity (Wildman–Crippen MR) is 73.8 cm³/mol. The van der Waals surface area contributed by atoms with Crippen LogP contribution in [0.2, 0.25) is 0 Å². The van der Waals surface area contributed by atoms with E-state index in [9.17, 15) is 10.1 Å². The van der Waals surface area contributed by atoms with Crippen LogP contribution in [0.25, 0.3) is 10.4 Å². The Labute approximate surface area is 109 Å². The van der Waals surface area contributed by atoms with Crippen LogP contribution < -0.4 is 5.32 Å². The van der Waals surface area contributed by atoms with Gasteiger partial charge in [-0.3, -0.25) is 10.1 Å². The highest BCUT2D eigenvalue weighted by Gasteiger charge is 2.06. The third-order valence-electron chi connectivity index (χ3n) is 2.57. The summed E-state index contributed by atoms with van der Waals surface area (Å²) in [5, 5.41) is 13.8. The molecule has 0 spiro atoms. The molecule has 0 saturated carbocycles. The van der Waals surface area contributed by atoms with Crippen molar-refractivity contribution in [3.63, 3.8) is 0 Å². The van der Waals surface area contributed by atoms with Crippen molar-refractivity contribution in [1.82, 2.24) is 5.32 Å². The Bertz CT molecular complexity index is 534. The minimum absolute atomic E-state index is 0.128. The number of nitrogens with zero attached hydrogens (tertiary/aromatic N) is 1. The van der Waals surface area contributed by atoms with Crippen LogP contribution in [0.15, 0.2) is 36.4 Å². The molecular formula is C13H14N2O2S. The molecule has 0 atom stereocenters. The summed E-state index contributed by atoms with van der Waals surface area (Å²) in [5.74, 6) is 0. The molecule has 0 unspecified atom stereocenters. The van der Waals surface area contributed by atoms with E-state index >= 15 is 0 Å². The highest BCUT2D eigenvalue weighted by atomic mass is 32.1. The molecule has 0 bridgehead atoms. The van der Waals surface area contributed by atoms with Crippen LogP contribution in [0.1, 0.15) is 11.8 Å². The summed E-state index contributed by atoms with van der Waals surface area (Å²) < 4.78 is 0. The van der Waals surface area contributed by atoms with E-state index in [1.807, 2.05) is 0 Å². The number of hydrogen-bond acceptors (Lipinski definition) is 4. The van der Waals surface area contributed by atoms with Crippen LogP contribution in [0, 0.1) is 10.1 Å². The van der Waals surface area contributed by atoms with Gasteiger partial charge in [-0.15, -0.1) is 11.3 Å². The molecule has 18 heavy (non-hydrogen) atoms. The summed E-state index contributed by atoms with van der Waals surface area (Å²) in [5.41, 5.74) is 1.15. The average Bonchev–Trinajstić information content (AvgIpc) is 2.85. The number of hydrogen-bond donors (Lipinski definition) is 1. The maximum atomic E-state index is 10.6. The van der Waals surface area contributed by atoms with Crippen LogP contribution >= 0.6 is 11.3 Å². The van der Waals surface area contributed by atoms with Gasteiger partial charge in [0.15, 0.2) is 0 Å². The molecule has 94 valence electrons. The summed E-state index contributed by atoms with van der Waals surface area (Å²) in [7, 11) is 0. The number of nitrogens with one attached hydrogen (secondary N) is 1. The fraction of sp³-hybridized carbons (Fsp3) is 0.231. The van der Waals surface area contributed by atoms with Crippen molar-refractivity contribution in [3.05, 3.63) is 51.4 Å². The van der Waals surface area contributed by atoms with E-state index in [2.05, 4.69) is 24.4 Å². The minimum Gasteiger partial charge on any atom is -0.312 e. The number of nitro groups is 1. The first-order chi connectivity index (χ1) is 8.70. The van der Waals surface area contributed by atoms with E-state index in [1.165, 1.54) is 4.88 Å². The van der Waals surface area contributed by atoms with Gasteiger partial charge in [0.05, 0.1) is 4.92 Å². The Balaban J connectivity index is 2.15. The van der Waals surface area contributed by atoms with Crippen molar-refractivity contribution in [2.45, 2.75) is 13.5 Å². The first-order valence-corrected chi connectivity index (χ1v) is 6.56. The van der Waals surface area contributed by atoms with Crippen molar-refractivity contribution < 1.29 is 4.92 Å². The van der Waals surface area contributed by atoms with E-state index in [0.29, 0.717) is 0 Å². The third-order valence-corrected chi connectivity index (χ3v) is 3.71. The van der Waals surface area contributed by atoms with Gasteiger partial charge in [0.2, 0.25) is 0 Å². The molecule has 1 N–H and O–H groups in total. The quantitative estimate of drug-likeness (QED) is 0.663. The average molecular weight is 262 g/mol. The van der Waals surface area contributed by atoms with Gasteiger partial charge in [-0.25, -0.2) is 0 Å². The molecule has 2 aromatic rings. The van der Waals surface area contributed by atoms with E-state index in [0.717, 1.165) is 23.5 Å². The summed E-state index contributed by atoms with van der Waals surface area (Å²) in [4.78, 5) is 12.6. The fourth-order valence-corrected chi connectivity index (χ4v) is 2.61. The molecule has 1 aromatic carbocycles. The lowest BCUT2D eigenvalue weighted by Gasteiger charge is -1.98. The predicted octanol–water partition coefficient (Wildman–Crippen LogP) is 3.43. The number of nitro benzene ring substituents is 1. The standard InChI is InChI=1S/C13H14N2O2S/c1-2-14-9-12-7-8-13(18-12)10-3-5-11(6-4-10)15(16)17/h3-8,14H,2,9H2,1H3. The van der Waals surface area contributed by atoms with Crippen LogP contribution in [-0.4, -0.2) is 11.5 Å². The number of non-ortho nitro benzene ring substituents is 1. The van der Waals surface area contributed by atoms with Crippen molar-refractivity contribution in [1.29, 1.82) is 0 Å². The fourth-order valence-electron chi connectivity index (χ4n) is 1.62. The van der Waals surface area contributed by atoms with Crippen molar-refractivity contribution >= 4 is 17.0 Å².